The first-order valence-electron chi connectivity index (χ1n) is 11.7. The van der Waals surface area contributed by atoms with Crippen molar-refractivity contribution in [2.45, 2.75) is 26.8 Å². The van der Waals surface area contributed by atoms with Crippen LogP contribution in [-0.2, 0) is 9.59 Å². The Morgan fingerprint density at radius 1 is 1.06 bits per heavy atom. The van der Waals surface area contributed by atoms with Gasteiger partial charge in [-0.05, 0) is 60.9 Å². The second-order valence-corrected chi connectivity index (χ2v) is 9.48. The summed E-state index contributed by atoms with van der Waals surface area (Å²) in [6.45, 7) is 6.52. The van der Waals surface area contributed by atoms with Gasteiger partial charge in [0.2, 0.25) is 0 Å². The number of hydrogen-bond acceptors (Lipinski definition) is 5. The van der Waals surface area contributed by atoms with Crippen molar-refractivity contribution in [2.75, 3.05) is 18.6 Å². The number of Topliss-reactive ketones (excluding diaryl/α,β-unsaturated/α-hetero) is 1. The van der Waals surface area contributed by atoms with Crippen molar-refractivity contribution in [1.82, 2.24) is 0 Å². The third-order valence-corrected chi connectivity index (χ3v) is 6.43. The largest absolute Gasteiger partial charge is 0.507 e. The Kier molecular flexibility index (Phi) is 7.36. The molecule has 186 valence electrons. The van der Waals surface area contributed by atoms with Crippen LogP contribution in [0.5, 0.6) is 11.5 Å². The van der Waals surface area contributed by atoms with E-state index in [0.717, 1.165) is 5.56 Å². The van der Waals surface area contributed by atoms with Crippen LogP contribution in [0.4, 0.5) is 5.69 Å². The van der Waals surface area contributed by atoms with Gasteiger partial charge in [0, 0.05) is 21.8 Å². The van der Waals surface area contributed by atoms with Crippen molar-refractivity contribution in [3.8, 4) is 11.5 Å². The van der Waals surface area contributed by atoms with E-state index < -0.39 is 17.7 Å². The number of methoxy groups -OCH3 is 1. The number of hydrogen-bond donors (Lipinski definition) is 1. The molecule has 1 saturated heterocycles. The Morgan fingerprint density at radius 2 is 1.75 bits per heavy atom. The summed E-state index contributed by atoms with van der Waals surface area (Å²) in [5.74, 6) is -0.331. The van der Waals surface area contributed by atoms with Crippen LogP contribution in [0.3, 0.4) is 0 Å². The Bertz CT molecular complexity index is 1330. The van der Waals surface area contributed by atoms with Gasteiger partial charge in [0.1, 0.15) is 17.3 Å². The molecule has 1 aliphatic rings. The lowest BCUT2D eigenvalue weighted by atomic mass is 9.94. The van der Waals surface area contributed by atoms with Crippen LogP contribution in [0.1, 0.15) is 36.6 Å². The molecule has 1 N–H and O–H groups in total. The lowest BCUT2D eigenvalue weighted by Gasteiger charge is -2.27. The molecule has 1 aliphatic heterocycles. The summed E-state index contributed by atoms with van der Waals surface area (Å²) in [6.07, 6.45) is 0. The normalized spacial score (nSPS) is 17.1. The van der Waals surface area contributed by atoms with E-state index in [1.807, 2.05) is 6.92 Å². The molecule has 1 unspecified atom stereocenters. The van der Waals surface area contributed by atoms with Gasteiger partial charge >= 0.3 is 0 Å². The van der Waals surface area contributed by atoms with Gasteiger partial charge in [-0.3, -0.25) is 14.5 Å². The number of amides is 1. The van der Waals surface area contributed by atoms with Crippen LogP contribution in [0.2, 0.25) is 5.02 Å². The minimum absolute atomic E-state index is 0.0305. The standard InChI is InChI=1S/C29H28ClNO5/c1-17(2)16-36-21-13-10-19(11-14-21)27(32)25-26(22-7-5-6-8-24(22)35-4)31(29(34)28(25)33)20-12-9-18(3)23(30)15-20/h5-15,17,26,32H,16H2,1-4H3/b27-25+. The van der Waals surface area contributed by atoms with E-state index in [4.69, 9.17) is 21.1 Å². The van der Waals surface area contributed by atoms with Crippen molar-refractivity contribution in [2.24, 2.45) is 5.92 Å². The molecular formula is C29H28ClNO5. The van der Waals surface area contributed by atoms with Crippen LogP contribution in [-0.4, -0.2) is 30.5 Å². The fourth-order valence-electron chi connectivity index (χ4n) is 4.14. The van der Waals surface area contributed by atoms with Crippen molar-refractivity contribution < 1.29 is 24.2 Å². The van der Waals surface area contributed by atoms with Crippen molar-refractivity contribution >= 4 is 34.7 Å². The summed E-state index contributed by atoms with van der Waals surface area (Å²) in [5.41, 5.74) is 2.21. The van der Waals surface area contributed by atoms with Crippen LogP contribution < -0.4 is 14.4 Å². The van der Waals surface area contributed by atoms with Crippen LogP contribution in [0.25, 0.3) is 5.76 Å². The summed E-state index contributed by atoms with van der Waals surface area (Å²) in [7, 11) is 1.52. The lowest BCUT2D eigenvalue weighted by Crippen LogP contribution is -2.29. The number of nitrogens with zero attached hydrogens (tertiary/aromatic N) is 1. The van der Waals surface area contributed by atoms with Crippen molar-refractivity contribution in [1.29, 1.82) is 0 Å². The first-order valence-corrected chi connectivity index (χ1v) is 12.0. The minimum Gasteiger partial charge on any atom is -0.507 e. The molecule has 0 aromatic heterocycles. The third-order valence-electron chi connectivity index (χ3n) is 6.02. The van der Waals surface area contributed by atoms with Gasteiger partial charge in [-0.2, -0.15) is 0 Å². The molecule has 7 heteroatoms. The number of aliphatic hydroxyl groups excluding tert-OH is 1. The van der Waals surface area contributed by atoms with E-state index in [-0.39, 0.29) is 11.3 Å². The SMILES string of the molecule is COc1ccccc1C1/C(=C(\O)c2ccc(OCC(C)C)cc2)C(=O)C(=O)N1c1ccc(C)c(Cl)c1. The molecule has 4 rings (SSSR count). The molecule has 1 heterocycles. The van der Waals surface area contributed by atoms with Gasteiger partial charge in [-0.15, -0.1) is 0 Å². The zero-order valence-electron chi connectivity index (χ0n) is 20.6. The van der Waals surface area contributed by atoms with Gasteiger partial charge in [0.25, 0.3) is 11.7 Å². The number of rotatable bonds is 7. The third kappa shape index (κ3) is 4.82. The summed E-state index contributed by atoms with van der Waals surface area (Å²) >= 11 is 6.36. The molecular weight excluding hydrogens is 478 g/mol. The van der Waals surface area contributed by atoms with E-state index in [2.05, 4.69) is 13.8 Å². The Balaban J connectivity index is 1.87. The van der Waals surface area contributed by atoms with Gasteiger partial charge in [0.05, 0.1) is 25.3 Å². The Hall–Kier alpha value is -3.77. The predicted octanol–water partition coefficient (Wildman–Crippen LogP) is 6.32. The number of aryl methyl sites for hydroxylation is 1. The molecule has 1 fully saturated rings. The molecule has 1 amide bonds. The molecule has 1 atom stereocenters. The molecule has 0 saturated carbocycles. The van der Waals surface area contributed by atoms with Crippen LogP contribution >= 0.6 is 11.6 Å². The average molecular weight is 506 g/mol. The topological polar surface area (TPSA) is 76.1 Å². The van der Waals surface area contributed by atoms with E-state index in [0.29, 0.717) is 45.9 Å². The van der Waals surface area contributed by atoms with Crippen LogP contribution in [0.15, 0.2) is 72.3 Å². The van der Waals surface area contributed by atoms with Crippen LogP contribution in [0, 0.1) is 12.8 Å². The van der Waals surface area contributed by atoms with Gasteiger partial charge < -0.3 is 14.6 Å². The van der Waals surface area contributed by atoms with E-state index in [9.17, 15) is 14.7 Å². The summed E-state index contributed by atoms with van der Waals surface area (Å²) in [4.78, 5) is 28.1. The predicted molar refractivity (Wildman–Crippen MR) is 141 cm³/mol. The summed E-state index contributed by atoms with van der Waals surface area (Å²) in [5, 5.41) is 11.8. The lowest BCUT2D eigenvalue weighted by molar-refractivity contribution is -0.132. The fraction of sp³-hybridized carbons (Fsp3) is 0.241. The molecule has 0 radical (unpaired) electrons. The second-order valence-electron chi connectivity index (χ2n) is 9.07. The molecule has 6 nitrogen and oxygen atoms in total. The molecule has 0 bridgehead atoms. The van der Waals surface area contributed by atoms with E-state index >= 15 is 0 Å². The van der Waals surface area contributed by atoms with Crippen molar-refractivity contribution in [3.63, 3.8) is 0 Å². The smallest absolute Gasteiger partial charge is 0.300 e. The van der Waals surface area contributed by atoms with Gasteiger partial charge in [-0.25, -0.2) is 0 Å². The molecule has 0 aliphatic carbocycles. The number of benzene rings is 3. The quantitative estimate of drug-likeness (QED) is 0.231. The highest BCUT2D eigenvalue weighted by molar-refractivity contribution is 6.52. The average Bonchev–Trinajstić information content (AvgIpc) is 3.14. The highest BCUT2D eigenvalue weighted by Crippen LogP contribution is 2.45. The number of ketones is 1. The Labute approximate surface area is 215 Å². The number of aliphatic hydroxyl groups is 1. The van der Waals surface area contributed by atoms with E-state index in [1.54, 1.807) is 66.7 Å². The zero-order valence-corrected chi connectivity index (χ0v) is 21.4. The Morgan fingerprint density at radius 3 is 2.39 bits per heavy atom. The summed E-state index contributed by atoms with van der Waals surface area (Å²) in [6, 6.07) is 18.1. The maximum atomic E-state index is 13.4. The first-order chi connectivity index (χ1) is 17.2. The monoisotopic (exact) mass is 505 g/mol. The molecule has 3 aromatic carbocycles. The number of anilines is 1. The number of para-hydroxylation sites is 1. The number of carbonyl (C=O) groups is 2. The first kappa shape index (κ1) is 25.3. The summed E-state index contributed by atoms with van der Waals surface area (Å²) < 4.78 is 11.3. The maximum absolute atomic E-state index is 13.4. The highest BCUT2D eigenvalue weighted by Gasteiger charge is 2.48. The molecule has 0 spiro atoms. The van der Waals surface area contributed by atoms with E-state index in [1.165, 1.54) is 12.0 Å². The number of carbonyl (C=O) groups excluding carboxylic acids is 2. The number of halogens is 1. The van der Waals surface area contributed by atoms with Gasteiger partial charge in [-0.1, -0.05) is 49.7 Å². The molecule has 3 aromatic rings. The molecule has 36 heavy (non-hydrogen) atoms. The van der Waals surface area contributed by atoms with Gasteiger partial charge in [0.15, 0.2) is 0 Å². The fourth-order valence-corrected chi connectivity index (χ4v) is 4.32. The maximum Gasteiger partial charge on any atom is 0.300 e. The van der Waals surface area contributed by atoms with Crippen molar-refractivity contribution in [3.05, 3.63) is 94.0 Å². The zero-order chi connectivity index (χ0) is 26.0. The number of ether oxygens (including phenoxy) is 2. The second kappa shape index (κ2) is 10.5. The highest BCUT2D eigenvalue weighted by atomic mass is 35.5. The minimum atomic E-state index is -0.920.